The zero-order valence-corrected chi connectivity index (χ0v) is 10.6. The number of fused-ring (bicyclic) bond motifs is 1. The predicted molar refractivity (Wildman–Crippen MR) is 70.8 cm³/mol. The second-order valence-electron chi connectivity index (χ2n) is 5.14. The average Bonchev–Trinajstić information content (AvgIpc) is 2.81. The van der Waals surface area contributed by atoms with Crippen LogP contribution in [0.15, 0.2) is 24.4 Å². The Kier molecular flexibility index (Phi) is 3.19. The maximum absolute atomic E-state index is 13.3. The Hall–Kier alpha value is -1.92. The van der Waals surface area contributed by atoms with E-state index in [1.54, 1.807) is 12.3 Å². The fourth-order valence-electron chi connectivity index (χ4n) is 2.79. The van der Waals surface area contributed by atoms with Crippen LogP contribution in [0.5, 0.6) is 0 Å². The number of aliphatic carboxylic acids is 1. The third-order valence-corrected chi connectivity index (χ3v) is 3.89. The van der Waals surface area contributed by atoms with Crippen molar-refractivity contribution < 1.29 is 19.4 Å². The first-order valence-corrected chi connectivity index (χ1v) is 6.47. The van der Waals surface area contributed by atoms with Crippen LogP contribution in [0.1, 0.15) is 18.0 Å². The van der Waals surface area contributed by atoms with Gasteiger partial charge in [-0.1, -0.05) is 0 Å². The lowest BCUT2D eigenvalue weighted by atomic mass is 9.88. The molecule has 106 valence electrons. The summed E-state index contributed by atoms with van der Waals surface area (Å²) in [5, 5.41) is 22.8. The minimum absolute atomic E-state index is 0.184. The second-order valence-corrected chi connectivity index (χ2v) is 5.14. The molecule has 0 saturated carbocycles. The second kappa shape index (κ2) is 4.88. The monoisotopic (exact) mass is 278 g/mol. The minimum Gasteiger partial charge on any atom is -0.481 e. The highest BCUT2D eigenvalue weighted by molar-refractivity contribution is 5.83. The third-order valence-electron chi connectivity index (χ3n) is 3.89. The van der Waals surface area contributed by atoms with E-state index >= 15 is 0 Å². The summed E-state index contributed by atoms with van der Waals surface area (Å²) in [6.07, 6.45) is 1.16. The molecule has 1 aliphatic heterocycles. The van der Waals surface area contributed by atoms with E-state index in [-0.39, 0.29) is 18.4 Å². The van der Waals surface area contributed by atoms with Crippen LogP contribution in [0.3, 0.4) is 0 Å². The molecule has 1 aromatic heterocycles. The van der Waals surface area contributed by atoms with E-state index in [4.69, 9.17) is 5.11 Å². The van der Waals surface area contributed by atoms with Gasteiger partial charge in [0, 0.05) is 29.7 Å². The lowest BCUT2D eigenvalue weighted by Crippen LogP contribution is -2.45. The number of carboxylic acid groups (broad SMARTS) is 1. The van der Waals surface area contributed by atoms with E-state index in [9.17, 15) is 14.3 Å². The summed E-state index contributed by atoms with van der Waals surface area (Å²) in [6, 6.07) is 4.30. The number of nitrogens with one attached hydrogen (secondary N) is 2. The molecule has 0 aliphatic carbocycles. The first-order valence-electron chi connectivity index (χ1n) is 6.47. The van der Waals surface area contributed by atoms with Gasteiger partial charge in [0.25, 0.3) is 0 Å². The highest BCUT2D eigenvalue weighted by Gasteiger charge is 2.34. The van der Waals surface area contributed by atoms with Crippen molar-refractivity contribution in [3.63, 3.8) is 0 Å². The summed E-state index contributed by atoms with van der Waals surface area (Å²) < 4.78 is 13.3. The van der Waals surface area contributed by atoms with Crippen LogP contribution in [0.4, 0.5) is 4.39 Å². The van der Waals surface area contributed by atoms with Gasteiger partial charge in [0.15, 0.2) is 0 Å². The molecular weight excluding hydrogens is 263 g/mol. The number of carboxylic acids is 1. The van der Waals surface area contributed by atoms with Gasteiger partial charge in [-0.05, 0) is 30.2 Å². The summed E-state index contributed by atoms with van der Waals surface area (Å²) in [5.74, 6) is -2.13. The van der Waals surface area contributed by atoms with Crippen LogP contribution < -0.4 is 5.32 Å². The van der Waals surface area contributed by atoms with Crippen LogP contribution in [0.25, 0.3) is 10.9 Å². The number of benzene rings is 1. The summed E-state index contributed by atoms with van der Waals surface area (Å²) in [7, 11) is 0. The molecule has 20 heavy (non-hydrogen) atoms. The molecule has 0 bridgehead atoms. The Morgan fingerprint density at radius 3 is 2.90 bits per heavy atom. The van der Waals surface area contributed by atoms with Crippen molar-refractivity contribution in [3.05, 3.63) is 35.8 Å². The first-order chi connectivity index (χ1) is 9.56. The fourth-order valence-corrected chi connectivity index (χ4v) is 2.79. The molecule has 1 saturated heterocycles. The molecule has 6 heteroatoms. The molecular formula is C14H15FN2O3. The third kappa shape index (κ3) is 2.17. The highest BCUT2D eigenvalue weighted by Crippen LogP contribution is 2.31. The van der Waals surface area contributed by atoms with Crippen molar-refractivity contribution >= 4 is 16.9 Å². The Labute approximate surface area is 114 Å². The maximum atomic E-state index is 13.3. The standard InChI is InChI=1S/C14H15FN2O3/c15-7-1-2-11-8(3-7)9(5-16-11)12-4-13(18)10(6-17-12)14(19)20/h1-3,5,10,12-13,16-18H,4,6H2,(H,19,20). The van der Waals surface area contributed by atoms with E-state index in [0.717, 1.165) is 16.5 Å². The van der Waals surface area contributed by atoms with Gasteiger partial charge >= 0.3 is 5.97 Å². The van der Waals surface area contributed by atoms with Crippen LogP contribution in [-0.2, 0) is 4.79 Å². The van der Waals surface area contributed by atoms with E-state index in [2.05, 4.69) is 10.3 Å². The first kappa shape index (κ1) is 13.1. The minimum atomic E-state index is -1.01. The lowest BCUT2D eigenvalue weighted by molar-refractivity contribution is -0.147. The molecule has 5 nitrogen and oxygen atoms in total. The predicted octanol–water partition coefficient (Wildman–Crippen LogP) is 1.40. The Bertz CT molecular complexity index is 655. The normalized spacial score (nSPS) is 26.8. The van der Waals surface area contributed by atoms with Crippen LogP contribution in [-0.4, -0.2) is 33.8 Å². The number of aliphatic hydroxyl groups excluding tert-OH is 1. The van der Waals surface area contributed by atoms with Gasteiger partial charge in [0.1, 0.15) is 5.82 Å². The molecule has 1 aromatic carbocycles. The zero-order valence-electron chi connectivity index (χ0n) is 10.6. The zero-order chi connectivity index (χ0) is 14.3. The lowest BCUT2D eigenvalue weighted by Gasteiger charge is -2.31. The van der Waals surface area contributed by atoms with Gasteiger partial charge in [-0.25, -0.2) is 4.39 Å². The van der Waals surface area contributed by atoms with Crippen molar-refractivity contribution in [2.75, 3.05) is 6.54 Å². The number of halogens is 1. The van der Waals surface area contributed by atoms with E-state index < -0.39 is 18.0 Å². The molecule has 4 N–H and O–H groups in total. The van der Waals surface area contributed by atoms with Crippen LogP contribution >= 0.6 is 0 Å². The van der Waals surface area contributed by atoms with Gasteiger partial charge < -0.3 is 20.5 Å². The number of piperidine rings is 1. The van der Waals surface area contributed by atoms with Crippen LogP contribution in [0.2, 0.25) is 0 Å². The summed E-state index contributed by atoms with van der Waals surface area (Å²) >= 11 is 0. The molecule has 0 radical (unpaired) electrons. The van der Waals surface area contributed by atoms with E-state index in [1.165, 1.54) is 12.1 Å². The van der Waals surface area contributed by atoms with Crippen molar-refractivity contribution in [3.8, 4) is 0 Å². The molecule has 0 amide bonds. The highest BCUT2D eigenvalue weighted by atomic mass is 19.1. The number of rotatable bonds is 2. The number of aromatic amines is 1. The molecule has 3 rings (SSSR count). The summed E-state index contributed by atoms with van der Waals surface area (Å²) in [6.45, 7) is 0.198. The van der Waals surface area contributed by atoms with Crippen molar-refractivity contribution in [2.24, 2.45) is 5.92 Å². The topological polar surface area (TPSA) is 85.4 Å². The average molecular weight is 278 g/mol. The molecule has 2 heterocycles. The number of hydrogen-bond acceptors (Lipinski definition) is 3. The van der Waals surface area contributed by atoms with Gasteiger partial charge in [-0.3, -0.25) is 4.79 Å². The van der Waals surface area contributed by atoms with Gasteiger partial charge in [-0.15, -0.1) is 0 Å². The Morgan fingerprint density at radius 2 is 2.20 bits per heavy atom. The number of aliphatic hydroxyl groups is 1. The number of hydrogen-bond donors (Lipinski definition) is 4. The van der Waals surface area contributed by atoms with Crippen molar-refractivity contribution in [2.45, 2.75) is 18.6 Å². The molecule has 0 spiro atoms. The molecule has 3 unspecified atom stereocenters. The van der Waals surface area contributed by atoms with Gasteiger partial charge in [0.05, 0.1) is 12.0 Å². The molecule has 3 atom stereocenters. The Morgan fingerprint density at radius 1 is 1.40 bits per heavy atom. The fraction of sp³-hybridized carbons (Fsp3) is 0.357. The van der Waals surface area contributed by atoms with Crippen LogP contribution in [0, 0.1) is 11.7 Å². The quantitative estimate of drug-likeness (QED) is 0.669. The van der Waals surface area contributed by atoms with E-state index in [1.807, 2.05) is 0 Å². The van der Waals surface area contributed by atoms with Gasteiger partial charge in [-0.2, -0.15) is 0 Å². The number of carbonyl (C=O) groups is 1. The molecule has 2 aromatic rings. The van der Waals surface area contributed by atoms with Gasteiger partial charge in [0.2, 0.25) is 0 Å². The SMILES string of the molecule is O=C(O)C1CNC(c2c[nH]c3ccc(F)cc23)CC1O. The van der Waals surface area contributed by atoms with Crippen molar-refractivity contribution in [1.82, 2.24) is 10.3 Å². The largest absolute Gasteiger partial charge is 0.481 e. The summed E-state index contributed by atoms with van der Waals surface area (Å²) in [4.78, 5) is 14.0. The van der Waals surface area contributed by atoms with E-state index in [0.29, 0.717) is 6.42 Å². The van der Waals surface area contributed by atoms with Crippen molar-refractivity contribution in [1.29, 1.82) is 0 Å². The number of aromatic nitrogens is 1. The Balaban J connectivity index is 1.89. The maximum Gasteiger partial charge on any atom is 0.310 e. The smallest absolute Gasteiger partial charge is 0.310 e. The molecule has 1 fully saturated rings. The summed E-state index contributed by atoms with van der Waals surface area (Å²) in [5.41, 5.74) is 1.67. The number of H-pyrrole nitrogens is 1. The molecule has 1 aliphatic rings.